The lowest BCUT2D eigenvalue weighted by molar-refractivity contribution is -0.250. The summed E-state index contributed by atoms with van der Waals surface area (Å²) in [5, 5.41) is 11.1. The lowest BCUT2D eigenvalue weighted by atomic mass is 9.32. The first-order chi connectivity index (χ1) is 21.5. The molecule has 1 aromatic rings. The Balaban J connectivity index is 1.23. The van der Waals surface area contributed by atoms with Crippen LogP contribution >= 0.6 is 0 Å². The third-order valence-electron chi connectivity index (χ3n) is 15.9. The van der Waals surface area contributed by atoms with Crippen LogP contribution in [0.25, 0.3) is 0 Å². The SMILES string of the molecule is C=C(C)[C@@H]1CC[C@]2(COC(=O)COc3cc(C)ccc3C(C)C)CC[C@]3(C)C(CCC4[C@@]5(C)CC[C@H](O)C(C)(C)C5CC[C@]43C)C12. The number of aliphatic hydroxyl groups excluding tert-OH is 1. The van der Waals surface area contributed by atoms with E-state index < -0.39 is 0 Å². The Morgan fingerprint density at radius 3 is 2.37 bits per heavy atom. The Morgan fingerprint density at radius 2 is 1.67 bits per heavy atom. The molecule has 0 aromatic heterocycles. The van der Waals surface area contributed by atoms with Crippen LogP contribution in [0.4, 0.5) is 0 Å². The molecule has 0 heterocycles. The molecule has 256 valence electrons. The molecule has 0 radical (unpaired) electrons. The number of hydrogen-bond donors (Lipinski definition) is 1. The summed E-state index contributed by atoms with van der Waals surface area (Å²) in [5.74, 6) is 3.76. The van der Waals surface area contributed by atoms with Crippen molar-refractivity contribution in [1.29, 1.82) is 0 Å². The first kappa shape index (κ1) is 34.1. The predicted octanol–water partition coefficient (Wildman–Crippen LogP) is 10.1. The molecule has 0 bridgehead atoms. The normalized spacial score (nSPS) is 42.8. The summed E-state index contributed by atoms with van der Waals surface area (Å²) in [4.78, 5) is 13.3. The topological polar surface area (TPSA) is 55.8 Å². The number of ether oxygens (including phenoxy) is 2. The molecule has 5 saturated carbocycles. The maximum absolute atomic E-state index is 13.3. The van der Waals surface area contributed by atoms with Crippen molar-refractivity contribution in [2.45, 2.75) is 139 Å². The molecule has 0 amide bonds. The maximum atomic E-state index is 13.3. The first-order valence-corrected chi connectivity index (χ1v) is 18.7. The van der Waals surface area contributed by atoms with Crippen molar-refractivity contribution in [2.75, 3.05) is 13.2 Å². The van der Waals surface area contributed by atoms with Gasteiger partial charge in [0, 0.05) is 5.41 Å². The Kier molecular flexibility index (Phi) is 8.64. The fraction of sp³-hybridized carbons (Fsp3) is 0.786. The number of esters is 1. The van der Waals surface area contributed by atoms with Gasteiger partial charge in [0.2, 0.25) is 0 Å². The minimum atomic E-state index is -0.250. The van der Waals surface area contributed by atoms with Crippen LogP contribution < -0.4 is 4.74 Å². The zero-order valence-electron chi connectivity index (χ0n) is 30.6. The Morgan fingerprint density at radius 1 is 0.935 bits per heavy atom. The van der Waals surface area contributed by atoms with Gasteiger partial charge in [-0.2, -0.15) is 0 Å². The molecule has 4 heteroatoms. The molecule has 4 nitrogen and oxygen atoms in total. The van der Waals surface area contributed by atoms with E-state index in [2.05, 4.69) is 81.0 Å². The third-order valence-corrected chi connectivity index (χ3v) is 15.9. The summed E-state index contributed by atoms with van der Waals surface area (Å²) in [5.41, 5.74) is 4.39. The lowest BCUT2D eigenvalue weighted by Gasteiger charge is -2.73. The smallest absolute Gasteiger partial charge is 0.344 e. The van der Waals surface area contributed by atoms with Gasteiger partial charge in [-0.15, -0.1) is 0 Å². The van der Waals surface area contributed by atoms with Gasteiger partial charge in [-0.25, -0.2) is 4.79 Å². The van der Waals surface area contributed by atoms with Crippen molar-refractivity contribution in [3.63, 3.8) is 0 Å². The summed E-state index contributed by atoms with van der Waals surface area (Å²) < 4.78 is 12.3. The van der Waals surface area contributed by atoms with Crippen molar-refractivity contribution in [2.24, 2.45) is 56.7 Å². The van der Waals surface area contributed by atoms with Crippen LogP contribution in [0.5, 0.6) is 5.75 Å². The number of allylic oxidation sites excluding steroid dienone is 1. The van der Waals surface area contributed by atoms with E-state index in [1.165, 1.54) is 37.7 Å². The molecule has 1 N–H and O–H groups in total. The summed E-state index contributed by atoms with van der Waals surface area (Å²) >= 11 is 0. The van der Waals surface area contributed by atoms with Crippen LogP contribution in [0.15, 0.2) is 30.4 Å². The monoisotopic (exact) mass is 632 g/mol. The van der Waals surface area contributed by atoms with E-state index in [-0.39, 0.29) is 45.8 Å². The van der Waals surface area contributed by atoms with Gasteiger partial charge in [0.15, 0.2) is 6.61 Å². The average Bonchev–Trinajstić information content (AvgIpc) is 3.38. The summed E-state index contributed by atoms with van der Waals surface area (Å²) in [7, 11) is 0. The fourth-order valence-electron chi connectivity index (χ4n) is 13.2. The van der Waals surface area contributed by atoms with E-state index in [9.17, 15) is 9.90 Å². The molecular formula is C42H64O4. The van der Waals surface area contributed by atoms with Crippen LogP contribution in [0, 0.1) is 63.6 Å². The molecule has 5 fully saturated rings. The number of benzene rings is 1. The molecule has 46 heavy (non-hydrogen) atoms. The molecule has 6 rings (SSSR count). The molecule has 0 aliphatic heterocycles. The number of aryl methyl sites for hydroxylation is 1. The highest BCUT2D eigenvalue weighted by atomic mass is 16.6. The molecule has 10 atom stereocenters. The zero-order valence-corrected chi connectivity index (χ0v) is 30.6. The molecule has 0 saturated heterocycles. The van der Waals surface area contributed by atoms with Crippen molar-refractivity contribution >= 4 is 5.97 Å². The molecule has 4 unspecified atom stereocenters. The number of rotatable bonds is 7. The van der Waals surface area contributed by atoms with Crippen LogP contribution in [-0.4, -0.2) is 30.4 Å². The predicted molar refractivity (Wildman–Crippen MR) is 187 cm³/mol. The first-order valence-electron chi connectivity index (χ1n) is 18.7. The molecule has 0 spiro atoms. The van der Waals surface area contributed by atoms with E-state index in [1.54, 1.807) is 0 Å². The summed E-state index contributed by atoms with van der Waals surface area (Å²) in [6.45, 7) is 26.3. The average molecular weight is 633 g/mol. The second kappa shape index (κ2) is 11.7. The van der Waals surface area contributed by atoms with Crippen LogP contribution in [0.3, 0.4) is 0 Å². The summed E-state index contributed by atoms with van der Waals surface area (Å²) in [6.07, 6.45) is 11.6. The van der Waals surface area contributed by atoms with E-state index in [4.69, 9.17) is 9.47 Å². The van der Waals surface area contributed by atoms with Crippen LogP contribution in [-0.2, 0) is 9.53 Å². The van der Waals surface area contributed by atoms with Crippen molar-refractivity contribution in [3.05, 3.63) is 41.5 Å². The van der Waals surface area contributed by atoms with Crippen LogP contribution in [0.2, 0.25) is 0 Å². The lowest BCUT2D eigenvalue weighted by Crippen LogP contribution is -2.66. The maximum Gasteiger partial charge on any atom is 0.344 e. The van der Waals surface area contributed by atoms with Gasteiger partial charge in [-0.1, -0.05) is 72.8 Å². The second-order valence-electron chi connectivity index (χ2n) is 18.6. The number of carbonyl (C=O) groups excluding carboxylic acids is 1. The van der Waals surface area contributed by atoms with Crippen molar-refractivity contribution < 1.29 is 19.4 Å². The Labute approximate surface area is 280 Å². The largest absolute Gasteiger partial charge is 0.482 e. The highest BCUT2D eigenvalue weighted by molar-refractivity contribution is 5.71. The van der Waals surface area contributed by atoms with E-state index in [1.807, 2.05) is 6.07 Å². The molecule has 5 aliphatic carbocycles. The van der Waals surface area contributed by atoms with Gasteiger partial charge in [0.25, 0.3) is 0 Å². The fourth-order valence-corrected chi connectivity index (χ4v) is 13.2. The van der Waals surface area contributed by atoms with Gasteiger partial charge >= 0.3 is 5.97 Å². The number of hydrogen-bond acceptors (Lipinski definition) is 4. The highest BCUT2D eigenvalue weighted by Crippen LogP contribution is 2.77. The van der Waals surface area contributed by atoms with Crippen molar-refractivity contribution in [3.8, 4) is 5.75 Å². The third kappa shape index (κ3) is 5.04. The quantitative estimate of drug-likeness (QED) is 0.240. The Bertz CT molecular complexity index is 1340. The minimum Gasteiger partial charge on any atom is -0.482 e. The molecular weight excluding hydrogens is 568 g/mol. The van der Waals surface area contributed by atoms with Gasteiger partial charge in [0.05, 0.1) is 12.7 Å². The number of aliphatic hydroxyl groups is 1. The van der Waals surface area contributed by atoms with Crippen molar-refractivity contribution in [1.82, 2.24) is 0 Å². The van der Waals surface area contributed by atoms with Crippen LogP contribution in [0.1, 0.15) is 137 Å². The molecule has 5 aliphatic rings. The summed E-state index contributed by atoms with van der Waals surface area (Å²) in [6, 6.07) is 6.25. The van der Waals surface area contributed by atoms with E-state index in [0.717, 1.165) is 49.0 Å². The Hall–Kier alpha value is -1.81. The second-order valence-corrected chi connectivity index (χ2v) is 18.6. The number of carbonyl (C=O) groups is 1. The minimum absolute atomic E-state index is 0.0202. The van der Waals surface area contributed by atoms with Gasteiger partial charge in [0.1, 0.15) is 5.75 Å². The van der Waals surface area contributed by atoms with Gasteiger partial charge in [-0.05, 0) is 152 Å². The highest BCUT2D eigenvalue weighted by Gasteiger charge is 2.71. The van der Waals surface area contributed by atoms with Gasteiger partial charge < -0.3 is 14.6 Å². The molecule has 1 aromatic carbocycles. The standard InChI is InChI=1S/C42H64O4/c1-26(2)29-12-11-28(5)23-32(29)45-24-36(44)46-25-42-20-15-30(27(3)4)37(42)31-13-14-34-39(8)18-17-35(43)38(6,7)33(39)16-19-41(34,10)40(31,9)21-22-42/h11-12,23,26,30-31,33-35,37,43H,3,13-22,24-25H2,1-2,4-10H3/t30-,31?,33?,34?,35-,37?,39-,40+,41+,42+/m0/s1. The zero-order chi connectivity index (χ0) is 33.4. The van der Waals surface area contributed by atoms with Gasteiger partial charge in [-0.3, -0.25) is 0 Å². The number of fused-ring (bicyclic) bond motifs is 7. The van der Waals surface area contributed by atoms with E-state index >= 15 is 0 Å². The van der Waals surface area contributed by atoms with E-state index in [0.29, 0.717) is 42.1 Å².